The summed E-state index contributed by atoms with van der Waals surface area (Å²) < 4.78 is 0. The second-order valence-electron chi connectivity index (χ2n) is 7.68. The predicted octanol–water partition coefficient (Wildman–Crippen LogP) is 6.98. The van der Waals surface area contributed by atoms with Gasteiger partial charge in [-0.3, -0.25) is 9.59 Å². The molecule has 3 aromatic rings. The molecule has 1 N–H and O–H groups in total. The lowest BCUT2D eigenvalue weighted by Crippen LogP contribution is -2.10. The van der Waals surface area contributed by atoms with Gasteiger partial charge in [0.2, 0.25) is 5.91 Å². The first kappa shape index (κ1) is 24.2. The molecule has 0 atom stereocenters. The molecular formula is C26H30N2O2S2. The largest absolute Gasteiger partial charge is 0.302 e. The monoisotopic (exact) mass is 466 g/mol. The molecule has 0 saturated carbocycles. The predicted molar refractivity (Wildman–Crippen MR) is 136 cm³/mol. The number of rotatable bonds is 13. The third-order valence-electron chi connectivity index (χ3n) is 5.07. The Morgan fingerprint density at radius 2 is 1.56 bits per heavy atom. The summed E-state index contributed by atoms with van der Waals surface area (Å²) in [6.07, 6.45) is 6.95. The SMILES string of the molecule is O=C(CCCCCCSC(=O)CCCc1ccccc1)Nc1nc(-c2ccccc2)cs1. The Kier molecular flexibility index (Phi) is 10.5. The highest BCUT2D eigenvalue weighted by molar-refractivity contribution is 8.13. The quantitative estimate of drug-likeness (QED) is 0.276. The number of thiazole rings is 1. The Bertz CT molecular complexity index is 958. The zero-order valence-corrected chi connectivity index (χ0v) is 19.9. The van der Waals surface area contributed by atoms with Crippen LogP contribution in [0.1, 0.15) is 50.5 Å². The van der Waals surface area contributed by atoms with E-state index in [0.717, 1.165) is 55.5 Å². The van der Waals surface area contributed by atoms with Gasteiger partial charge in [0, 0.05) is 29.5 Å². The van der Waals surface area contributed by atoms with Crippen LogP contribution in [-0.4, -0.2) is 21.8 Å². The van der Waals surface area contributed by atoms with Crippen molar-refractivity contribution in [2.45, 2.75) is 51.4 Å². The number of hydrogen-bond acceptors (Lipinski definition) is 5. The normalized spacial score (nSPS) is 10.8. The van der Waals surface area contributed by atoms with Gasteiger partial charge in [-0.25, -0.2) is 4.98 Å². The van der Waals surface area contributed by atoms with Crippen molar-refractivity contribution in [2.75, 3.05) is 11.1 Å². The van der Waals surface area contributed by atoms with Crippen LogP contribution in [0.15, 0.2) is 66.0 Å². The Hall–Kier alpha value is -2.44. The van der Waals surface area contributed by atoms with Gasteiger partial charge in [0.15, 0.2) is 10.2 Å². The summed E-state index contributed by atoms with van der Waals surface area (Å²) >= 11 is 2.91. The van der Waals surface area contributed by atoms with Crippen molar-refractivity contribution < 1.29 is 9.59 Å². The van der Waals surface area contributed by atoms with Gasteiger partial charge in [0.1, 0.15) is 0 Å². The standard InChI is InChI=1S/C26H30N2O2S2/c29-24(28-26-27-23(20-32-26)22-15-7-4-8-16-22)17-9-1-2-10-19-31-25(30)18-11-14-21-12-5-3-6-13-21/h3-8,12-13,15-16,20H,1-2,9-11,14,17-19H2,(H,27,28,29). The molecule has 0 aliphatic heterocycles. The van der Waals surface area contributed by atoms with E-state index in [4.69, 9.17) is 0 Å². The topological polar surface area (TPSA) is 59.1 Å². The molecule has 1 aromatic heterocycles. The van der Waals surface area contributed by atoms with E-state index in [1.807, 2.05) is 53.9 Å². The van der Waals surface area contributed by atoms with Gasteiger partial charge in [-0.05, 0) is 31.2 Å². The molecule has 6 heteroatoms. The summed E-state index contributed by atoms with van der Waals surface area (Å²) in [5.74, 6) is 0.888. The van der Waals surface area contributed by atoms with E-state index in [1.54, 1.807) is 0 Å². The Morgan fingerprint density at radius 1 is 0.844 bits per heavy atom. The number of unbranched alkanes of at least 4 members (excludes halogenated alkanes) is 3. The van der Waals surface area contributed by atoms with Crippen molar-refractivity contribution in [1.29, 1.82) is 0 Å². The number of nitrogens with zero attached hydrogens (tertiary/aromatic N) is 1. The van der Waals surface area contributed by atoms with E-state index in [0.29, 0.717) is 23.1 Å². The Labute approximate surface area is 198 Å². The van der Waals surface area contributed by atoms with Gasteiger partial charge in [-0.2, -0.15) is 0 Å². The number of aromatic nitrogens is 1. The third kappa shape index (κ3) is 8.97. The number of hydrogen-bond donors (Lipinski definition) is 1. The number of thioether (sulfide) groups is 1. The van der Waals surface area contributed by atoms with Gasteiger partial charge in [-0.15, -0.1) is 11.3 Å². The fraction of sp³-hybridized carbons (Fsp3) is 0.346. The van der Waals surface area contributed by atoms with Crippen LogP contribution in [0.5, 0.6) is 0 Å². The molecule has 4 nitrogen and oxygen atoms in total. The van der Waals surface area contributed by atoms with Crippen molar-refractivity contribution >= 4 is 39.3 Å². The average Bonchev–Trinajstić information content (AvgIpc) is 3.28. The molecule has 0 aliphatic carbocycles. The molecule has 3 rings (SSSR count). The number of carbonyl (C=O) groups excluding carboxylic acids is 2. The number of aryl methyl sites for hydroxylation is 1. The van der Waals surface area contributed by atoms with Crippen molar-refractivity contribution in [3.8, 4) is 11.3 Å². The van der Waals surface area contributed by atoms with Gasteiger partial charge >= 0.3 is 0 Å². The van der Waals surface area contributed by atoms with Gasteiger partial charge in [0.05, 0.1) is 5.69 Å². The highest BCUT2D eigenvalue weighted by Crippen LogP contribution is 2.24. The van der Waals surface area contributed by atoms with Crippen LogP contribution in [0.25, 0.3) is 11.3 Å². The maximum absolute atomic E-state index is 12.1. The summed E-state index contributed by atoms with van der Waals surface area (Å²) in [6.45, 7) is 0. The van der Waals surface area contributed by atoms with Gasteiger partial charge < -0.3 is 5.32 Å². The van der Waals surface area contributed by atoms with Crippen LogP contribution in [0.3, 0.4) is 0 Å². The van der Waals surface area contributed by atoms with Crippen LogP contribution < -0.4 is 5.32 Å². The zero-order chi connectivity index (χ0) is 22.4. The van der Waals surface area contributed by atoms with Crippen LogP contribution in [0.4, 0.5) is 5.13 Å². The van der Waals surface area contributed by atoms with Crippen molar-refractivity contribution in [2.24, 2.45) is 0 Å². The molecule has 168 valence electrons. The minimum atomic E-state index is 0.0157. The van der Waals surface area contributed by atoms with Crippen molar-refractivity contribution in [3.05, 3.63) is 71.6 Å². The Morgan fingerprint density at radius 3 is 2.34 bits per heavy atom. The van der Waals surface area contributed by atoms with E-state index in [2.05, 4.69) is 22.4 Å². The maximum atomic E-state index is 12.1. The van der Waals surface area contributed by atoms with Gasteiger partial charge in [-0.1, -0.05) is 85.3 Å². The molecule has 0 fully saturated rings. The van der Waals surface area contributed by atoms with E-state index in [1.165, 1.54) is 28.7 Å². The van der Waals surface area contributed by atoms with E-state index in [9.17, 15) is 9.59 Å². The van der Waals surface area contributed by atoms with Crippen LogP contribution >= 0.6 is 23.1 Å². The molecule has 0 bridgehead atoms. The number of amides is 1. The molecule has 0 spiro atoms. The fourth-order valence-corrected chi connectivity index (χ4v) is 4.94. The van der Waals surface area contributed by atoms with Crippen molar-refractivity contribution in [3.63, 3.8) is 0 Å². The second kappa shape index (κ2) is 13.9. The molecule has 1 heterocycles. The van der Waals surface area contributed by atoms with Crippen LogP contribution in [0, 0.1) is 0 Å². The number of nitrogens with one attached hydrogen (secondary N) is 1. The molecule has 0 aliphatic rings. The summed E-state index contributed by atoms with van der Waals surface area (Å²) in [5, 5.41) is 5.80. The Balaban J connectivity index is 1.19. The average molecular weight is 467 g/mol. The number of carbonyl (C=O) groups is 2. The van der Waals surface area contributed by atoms with Crippen molar-refractivity contribution in [1.82, 2.24) is 4.98 Å². The summed E-state index contributed by atoms with van der Waals surface area (Å²) in [4.78, 5) is 28.6. The lowest BCUT2D eigenvalue weighted by molar-refractivity contribution is -0.116. The molecule has 1 amide bonds. The summed E-state index contributed by atoms with van der Waals surface area (Å²) in [5.41, 5.74) is 3.23. The van der Waals surface area contributed by atoms with E-state index in [-0.39, 0.29) is 5.91 Å². The first-order chi connectivity index (χ1) is 15.7. The van der Waals surface area contributed by atoms with E-state index >= 15 is 0 Å². The van der Waals surface area contributed by atoms with Crippen LogP contribution in [-0.2, 0) is 16.0 Å². The highest BCUT2D eigenvalue weighted by atomic mass is 32.2. The first-order valence-corrected chi connectivity index (χ1v) is 13.1. The smallest absolute Gasteiger partial charge is 0.226 e. The van der Waals surface area contributed by atoms with Crippen LogP contribution in [0.2, 0.25) is 0 Å². The third-order valence-corrected chi connectivity index (χ3v) is 6.85. The molecule has 32 heavy (non-hydrogen) atoms. The minimum Gasteiger partial charge on any atom is -0.302 e. The molecule has 0 unspecified atom stereocenters. The molecule has 0 radical (unpaired) electrons. The summed E-state index contributed by atoms with van der Waals surface area (Å²) in [6, 6.07) is 20.3. The molecular weight excluding hydrogens is 436 g/mol. The van der Waals surface area contributed by atoms with E-state index < -0.39 is 0 Å². The zero-order valence-electron chi connectivity index (χ0n) is 18.3. The highest BCUT2D eigenvalue weighted by Gasteiger charge is 2.08. The lowest BCUT2D eigenvalue weighted by Gasteiger charge is -2.03. The fourth-order valence-electron chi connectivity index (χ4n) is 3.34. The number of anilines is 1. The second-order valence-corrected chi connectivity index (χ2v) is 9.69. The molecule has 2 aromatic carbocycles. The lowest BCUT2D eigenvalue weighted by atomic mass is 10.1. The molecule has 0 saturated heterocycles. The van der Waals surface area contributed by atoms with Gasteiger partial charge in [0.25, 0.3) is 0 Å². The number of benzene rings is 2. The summed E-state index contributed by atoms with van der Waals surface area (Å²) in [7, 11) is 0. The maximum Gasteiger partial charge on any atom is 0.226 e. The minimum absolute atomic E-state index is 0.0157. The first-order valence-electron chi connectivity index (χ1n) is 11.2.